The molecule has 0 saturated carbocycles. The van der Waals surface area contributed by atoms with Crippen LogP contribution in [0.5, 0.6) is 5.75 Å². The topological polar surface area (TPSA) is 148 Å². The number of aromatic amines is 2. The zero-order chi connectivity index (χ0) is 21.4. The number of β-amino-alcohol motifs (C(OH)–C–C–N with tert-alkyl or cyclic N) is 1. The van der Waals surface area contributed by atoms with Crippen molar-refractivity contribution < 1.29 is 15.0 Å². The van der Waals surface area contributed by atoms with Crippen LogP contribution in [0.25, 0.3) is 11.2 Å². The highest BCUT2D eigenvalue weighted by Crippen LogP contribution is 2.25. The number of fused-ring (bicyclic) bond motifs is 1. The maximum atomic E-state index is 13.3. The molecule has 0 spiro atoms. The van der Waals surface area contributed by atoms with Gasteiger partial charge in [0.05, 0.1) is 12.1 Å². The Hall–Kier alpha value is -3.44. The molecule has 0 aliphatic carbocycles. The van der Waals surface area contributed by atoms with Crippen LogP contribution in [-0.2, 0) is 0 Å². The number of aliphatic hydroxyl groups is 1. The molecule has 1 fully saturated rings. The number of H-pyrrole nitrogens is 2. The third kappa shape index (κ3) is 3.72. The number of aliphatic hydroxyl groups excluding tert-OH is 1. The van der Waals surface area contributed by atoms with Crippen molar-refractivity contribution in [3.8, 4) is 5.75 Å². The Morgan fingerprint density at radius 2 is 2.03 bits per heavy atom. The minimum absolute atomic E-state index is 0.0154. The molecule has 1 amide bonds. The average Bonchev–Trinajstić information content (AvgIpc) is 3.32. The highest BCUT2D eigenvalue weighted by atomic mass is 16.3. The SMILES string of the molecule is CN(C(=O)n1cnc2c(=O)[nH]c(=O)[nH]c21)[C@H](CN1CC[C@H](O)C1)c1ccc(O)cc1. The predicted molar refractivity (Wildman–Crippen MR) is 107 cm³/mol. The fourth-order valence-electron chi connectivity index (χ4n) is 3.75. The minimum Gasteiger partial charge on any atom is -0.508 e. The van der Waals surface area contributed by atoms with Gasteiger partial charge in [-0.2, -0.15) is 0 Å². The smallest absolute Gasteiger partial charge is 0.331 e. The lowest BCUT2D eigenvalue weighted by atomic mass is 10.0. The number of hydrogen-bond acceptors (Lipinski definition) is 7. The summed E-state index contributed by atoms with van der Waals surface area (Å²) >= 11 is 0. The van der Waals surface area contributed by atoms with Crippen LogP contribution in [0.3, 0.4) is 0 Å². The molecule has 1 aromatic carbocycles. The van der Waals surface area contributed by atoms with Crippen LogP contribution >= 0.6 is 0 Å². The molecule has 3 heterocycles. The van der Waals surface area contributed by atoms with Crippen molar-refractivity contribution in [1.82, 2.24) is 29.3 Å². The minimum atomic E-state index is -0.731. The summed E-state index contributed by atoms with van der Waals surface area (Å²) in [6.45, 7) is 1.68. The Balaban J connectivity index is 1.69. The van der Waals surface area contributed by atoms with Crippen molar-refractivity contribution in [1.29, 1.82) is 0 Å². The molecule has 0 bridgehead atoms. The zero-order valence-corrected chi connectivity index (χ0v) is 16.3. The zero-order valence-electron chi connectivity index (χ0n) is 16.3. The maximum Gasteiger partial charge on any atom is 0.331 e. The van der Waals surface area contributed by atoms with Crippen LogP contribution < -0.4 is 11.2 Å². The van der Waals surface area contributed by atoms with Gasteiger partial charge in [0.15, 0.2) is 11.2 Å². The largest absolute Gasteiger partial charge is 0.508 e. The van der Waals surface area contributed by atoms with E-state index in [2.05, 4.69) is 19.9 Å². The second-order valence-corrected chi connectivity index (χ2v) is 7.42. The van der Waals surface area contributed by atoms with E-state index in [1.807, 2.05) is 0 Å². The molecule has 1 aliphatic heterocycles. The number of carbonyl (C=O) groups excluding carboxylic acids is 1. The number of benzene rings is 1. The van der Waals surface area contributed by atoms with Gasteiger partial charge < -0.3 is 15.1 Å². The highest BCUT2D eigenvalue weighted by molar-refractivity contribution is 5.86. The summed E-state index contributed by atoms with van der Waals surface area (Å²) < 4.78 is 1.12. The van der Waals surface area contributed by atoms with Crippen LogP contribution in [0.1, 0.15) is 18.0 Å². The van der Waals surface area contributed by atoms with Crippen LogP contribution in [0, 0.1) is 0 Å². The number of nitrogens with one attached hydrogen (secondary N) is 2. The van der Waals surface area contributed by atoms with Crippen LogP contribution in [-0.4, -0.2) is 78.3 Å². The molecule has 4 rings (SSSR count). The van der Waals surface area contributed by atoms with Gasteiger partial charge in [0, 0.05) is 26.7 Å². The molecule has 0 radical (unpaired) electrons. The molecule has 1 aliphatic rings. The number of rotatable bonds is 4. The number of likely N-dealkylation sites (tertiary alicyclic amines) is 1. The molecule has 1 saturated heterocycles. The lowest BCUT2D eigenvalue weighted by molar-refractivity contribution is 0.151. The summed E-state index contributed by atoms with van der Waals surface area (Å²) in [6, 6.07) is 5.65. The fourth-order valence-corrected chi connectivity index (χ4v) is 3.75. The van der Waals surface area contributed by atoms with Gasteiger partial charge in [-0.15, -0.1) is 0 Å². The van der Waals surface area contributed by atoms with E-state index in [-0.39, 0.29) is 16.9 Å². The lowest BCUT2D eigenvalue weighted by Crippen LogP contribution is -2.41. The van der Waals surface area contributed by atoms with Gasteiger partial charge in [0.25, 0.3) is 5.56 Å². The van der Waals surface area contributed by atoms with Gasteiger partial charge in [-0.1, -0.05) is 12.1 Å². The molecule has 158 valence electrons. The number of phenolic OH excluding ortho intramolecular Hbond substituents is 1. The number of phenols is 1. The second kappa shape index (κ2) is 7.76. The van der Waals surface area contributed by atoms with Gasteiger partial charge in [-0.25, -0.2) is 19.1 Å². The molecule has 3 aromatic rings. The third-order valence-corrected chi connectivity index (χ3v) is 5.37. The Morgan fingerprint density at radius 1 is 1.30 bits per heavy atom. The Morgan fingerprint density at radius 3 is 2.70 bits per heavy atom. The maximum absolute atomic E-state index is 13.3. The van der Waals surface area contributed by atoms with Gasteiger partial charge in [-0.05, 0) is 24.1 Å². The van der Waals surface area contributed by atoms with E-state index in [0.29, 0.717) is 26.1 Å². The van der Waals surface area contributed by atoms with Crippen LogP contribution in [0.2, 0.25) is 0 Å². The molecule has 2 aromatic heterocycles. The van der Waals surface area contributed by atoms with Crippen molar-refractivity contribution in [2.75, 3.05) is 26.7 Å². The van der Waals surface area contributed by atoms with Crippen LogP contribution in [0.15, 0.2) is 40.2 Å². The van der Waals surface area contributed by atoms with E-state index >= 15 is 0 Å². The number of aromatic nitrogens is 4. The monoisotopic (exact) mass is 414 g/mol. The van der Waals surface area contributed by atoms with Crippen molar-refractivity contribution in [3.05, 3.63) is 57.0 Å². The first-order valence-electron chi connectivity index (χ1n) is 9.49. The molecule has 2 atom stereocenters. The Bertz CT molecular complexity index is 1180. The van der Waals surface area contributed by atoms with E-state index in [0.717, 1.165) is 10.1 Å². The van der Waals surface area contributed by atoms with E-state index in [1.165, 1.54) is 11.2 Å². The van der Waals surface area contributed by atoms with E-state index in [9.17, 15) is 24.6 Å². The first-order chi connectivity index (χ1) is 14.3. The summed E-state index contributed by atoms with van der Waals surface area (Å²) in [5.41, 5.74) is -0.641. The third-order valence-electron chi connectivity index (χ3n) is 5.37. The number of nitrogens with zero attached hydrogens (tertiary/aromatic N) is 4. The highest BCUT2D eigenvalue weighted by Gasteiger charge is 2.29. The van der Waals surface area contributed by atoms with Gasteiger partial charge in [0.1, 0.15) is 12.1 Å². The fraction of sp³-hybridized carbons (Fsp3) is 0.368. The molecule has 4 N–H and O–H groups in total. The Kier molecular flexibility index (Phi) is 5.14. The average molecular weight is 414 g/mol. The quantitative estimate of drug-likeness (QED) is 0.463. The van der Waals surface area contributed by atoms with Crippen LogP contribution in [0.4, 0.5) is 4.79 Å². The standard InChI is InChI=1S/C19H22N6O5/c1-23(19(30)25-10-20-15-16(25)21-18(29)22-17(15)28)14(9-24-7-6-13(27)8-24)11-2-4-12(26)5-3-11/h2-5,10,13-14,26-27H,6-9H2,1H3,(H2,21,22,28,29)/t13-,14+/m0/s1. The van der Waals surface area contributed by atoms with Crippen molar-refractivity contribution in [2.24, 2.45) is 0 Å². The normalized spacial score (nSPS) is 18.0. The molecule has 30 heavy (non-hydrogen) atoms. The first kappa shape index (κ1) is 19.9. The number of hydrogen-bond donors (Lipinski definition) is 4. The first-order valence-corrected chi connectivity index (χ1v) is 9.49. The Labute approximate surface area is 170 Å². The summed E-state index contributed by atoms with van der Waals surface area (Å²) in [6.07, 6.45) is 1.46. The lowest BCUT2D eigenvalue weighted by Gasteiger charge is -2.32. The molecular weight excluding hydrogens is 392 g/mol. The molecule has 11 heteroatoms. The molecule has 11 nitrogen and oxygen atoms in total. The van der Waals surface area contributed by atoms with Crippen molar-refractivity contribution in [2.45, 2.75) is 18.6 Å². The summed E-state index contributed by atoms with van der Waals surface area (Å²) in [5.74, 6) is 0.112. The number of amides is 1. The summed E-state index contributed by atoms with van der Waals surface area (Å²) in [7, 11) is 1.61. The number of likely N-dealkylation sites (N-methyl/N-ethyl adjacent to an activating group) is 1. The molecule has 0 unspecified atom stereocenters. The number of imidazole rings is 1. The summed E-state index contributed by atoms with van der Waals surface area (Å²) in [4.78, 5) is 48.9. The van der Waals surface area contributed by atoms with E-state index in [1.54, 1.807) is 31.3 Å². The van der Waals surface area contributed by atoms with Gasteiger partial charge in [0.2, 0.25) is 0 Å². The van der Waals surface area contributed by atoms with Crippen molar-refractivity contribution >= 4 is 17.2 Å². The van der Waals surface area contributed by atoms with Gasteiger partial charge >= 0.3 is 11.7 Å². The van der Waals surface area contributed by atoms with Gasteiger partial charge in [-0.3, -0.25) is 19.7 Å². The number of aromatic hydroxyl groups is 1. The molecular formula is C19H22N6O5. The predicted octanol–water partition coefficient (Wildman–Crippen LogP) is -0.174. The summed E-state index contributed by atoms with van der Waals surface area (Å²) in [5, 5.41) is 19.5. The van der Waals surface area contributed by atoms with E-state index < -0.39 is 29.4 Å². The number of carbonyl (C=O) groups is 1. The van der Waals surface area contributed by atoms with Crippen molar-refractivity contribution in [3.63, 3.8) is 0 Å². The second-order valence-electron chi connectivity index (χ2n) is 7.42. The van der Waals surface area contributed by atoms with E-state index in [4.69, 9.17) is 0 Å².